The predicted molar refractivity (Wildman–Crippen MR) is 75.8 cm³/mol. The van der Waals surface area contributed by atoms with Crippen molar-refractivity contribution in [2.24, 2.45) is 5.92 Å². The molecule has 0 aliphatic carbocycles. The van der Waals surface area contributed by atoms with E-state index in [1.807, 2.05) is 0 Å². The standard InChI is InChI=1S/C15H30N2O/c1-11(2)14-9-16-12(3)10-17(14)13-6-7-18-15(4,5)8-13/h11-14,16H,6-10H2,1-5H3. The summed E-state index contributed by atoms with van der Waals surface area (Å²) in [6.45, 7) is 14.7. The van der Waals surface area contributed by atoms with Crippen LogP contribution in [0.15, 0.2) is 0 Å². The van der Waals surface area contributed by atoms with Gasteiger partial charge in [-0.1, -0.05) is 13.8 Å². The summed E-state index contributed by atoms with van der Waals surface area (Å²) in [6, 6.07) is 2.00. The van der Waals surface area contributed by atoms with Crippen molar-refractivity contribution in [1.29, 1.82) is 0 Å². The molecule has 3 heteroatoms. The van der Waals surface area contributed by atoms with Gasteiger partial charge in [0.2, 0.25) is 0 Å². The van der Waals surface area contributed by atoms with E-state index >= 15 is 0 Å². The predicted octanol–water partition coefficient (Wildman–Crippen LogP) is 2.26. The SMILES string of the molecule is CC1CN(C2CCOC(C)(C)C2)C(C(C)C)CN1. The molecule has 0 radical (unpaired) electrons. The number of nitrogens with one attached hydrogen (secondary N) is 1. The van der Waals surface area contributed by atoms with Gasteiger partial charge in [0, 0.05) is 37.8 Å². The summed E-state index contributed by atoms with van der Waals surface area (Å²) in [5, 5.41) is 3.63. The molecule has 0 aromatic rings. The molecule has 0 amide bonds. The summed E-state index contributed by atoms with van der Waals surface area (Å²) >= 11 is 0. The Morgan fingerprint density at radius 1 is 1.33 bits per heavy atom. The Kier molecular flexibility index (Phi) is 4.35. The van der Waals surface area contributed by atoms with Gasteiger partial charge in [0.1, 0.15) is 0 Å². The Morgan fingerprint density at radius 3 is 2.67 bits per heavy atom. The molecule has 0 spiro atoms. The van der Waals surface area contributed by atoms with Gasteiger partial charge in [0.15, 0.2) is 0 Å². The minimum absolute atomic E-state index is 0.0541. The zero-order chi connectivity index (χ0) is 13.3. The van der Waals surface area contributed by atoms with E-state index in [9.17, 15) is 0 Å². The average molecular weight is 254 g/mol. The highest BCUT2D eigenvalue weighted by molar-refractivity contribution is 4.93. The van der Waals surface area contributed by atoms with E-state index in [2.05, 4.69) is 44.8 Å². The lowest BCUT2D eigenvalue weighted by Crippen LogP contribution is -2.62. The van der Waals surface area contributed by atoms with Crippen molar-refractivity contribution in [2.45, 2.75) is 71.2 Å². The van der Waals surface area contributed by atoms with Gasteiger partial charge in [-0.3, -0.25) is 4.90 Å². The van der Waals surface area contributed by atoms with Crippen LogP contribution in [0.5, 0.6) is 0 Å². The van der Waals surface area contributed by atoms with Gasteiger partial charge in [0.05, 0.1) is 5.60 Å². The summed E-state index contributed by atoms with van der Waals surface area (Å²) < 4.78 is 5.87. The molecule has 2 saturated heterocycles. The molecule has 0 bridgehead atoms. The first kappa shape index (κ1) is 14.3. The van der Waals surface area contributed by atoms with E-state index in [0.717, 1.165) is 19.1 Å². The minimum atomic E-state index is 0.0541. The monoisotopic (exact) mass is 254 g/mol. The highest BCUT2D eigenvalue weighted by atomic mass is 16.5. The lowest BCUT2D eigenvalue weighted by molar-refractivity contribution is -0.0968. The normalized spacial score (nSPS) is 38.0. The first-order chi connectivity index (χ1) is 8.39. The third-order valence-electron chi connectivity index (χ3n) is 4.50. The molecule has 3 unspecified atom stereocenters. The van der Waals surface area contributed by atoms with Crippen LogP contribution in [0.1, 0.15) is 47.5 Å². The van der Waals surface area contributed by atoms with Gasteiger partial charge < -0.3 is 10.1 Å². The van der Waals surface area contributed by atoms with Gasteiger partial charge in [-0.2, -0.15) is 0 Å². The maximum absolute atomic E-state index is 5.87. The maximum atomic E-state index is 5.87. The Bertz CT molecular complexity index is 278. The average Bonchev–Trinajstić information content (AvgIpc) is 2.27. The first-order valence-corrected chi connectivity index (χ1v) is 7.52. The summed E-state index contributed by atoms with van der Waals surface area (Å²) in [5.41, 5.74) is 0.0541. The molecule has 3 nitrogen and oxygen atoms in total. The largest absolute Gasteiger partial charge is 0.375 e. The Labute approximate surface area is 112 Å². The second-order valence-electron chi connectivity index (χ2n) is 7.07. The van der Waals surface area contributed by atoms with Crippen LogP contribution in [0.4, 0.5) is 0 Å². The molecule has 2 aliphatic rings. The summed E-state index contributed by atoms with van der Waals surface area (Å²) in [4.78, 5) is 2.76. The van der Waals surface area contributed by atoms with Crippen molar-refractivity contribution in [3.8, 4) is 0 Å². The van der Waals surface area contributed by atoms with Crippen molar-refractivity contribution in [3.05, 3.63) is 0 Å². The van der Waals surface area contributed by atoms with Crippen molar-refractivity contribution in [1.82, 2.24) is 10.2 Å². The third kappa shape index (κ3) is 3.25. The van der Waals surface area contributed by atoms with Crippen molar-refractivity contribution in [3.63, 3.8) is 0 Å². The van der Waals surface area contributed by atoms with Gasteiger partial charge in [-0.25, -0.2) is 0 Å². The van der Waals surface area contributed by atoms with Crippen molar-refractivity contribution < 1.29 is 4.74 Å². The van der Waals surface area contributed by atoms with Crippen molar-refractivity contribution >= 4 is 0 Å². The number of rotatable bonds is 2. The molecule has 0 aromatic heterocycles. The lowest BCUT2D eigenvalue weighted by Gasteiger charge is -2.49. The van der Waals surface area contributed by atoms with Crippen LogP contribution in [0.3, 0.4) is 0 Å². The minimum Gasteiger partial charge on any atom is -0.375 e. The fourth-order valence-corrected chi connectivity index (χ4v) is 3.48. The Hall–Kier alpha value is -0.120. The van der Waals surface area contributed by atoms with Gasteiger partial charge in [-0.05, 0) is 39.5 Å². The molecule has 1 N–H and O–H groups in total. The van der Waals surface area contributed by atoms with Gasteiger partial charge in [0.25, 0.3) is 0 Å². The Morgan fingerprint density at radius 2 is 2.06 bits per heavy atom. The van der Waals surface area contributed by atoms with E-state index in [0.29, 0.717) is 18.1 Å². The van der Waals surface area contributed by atoms with Crippen LogP contribution in [-0.4, -0.2) is 48.3 Å². The molecule has 0 saturated carbocycles. The zero-order valence-corrected chi connectivity index (χ0v) is 12.7. The van der Waals surface area contributed by atoms with Crippen molar-refractivity contribution in [2.75, 3.05) is 19.7 Å². The zero-order valence-electron chi connectivity index (χ0n) is 12.7. The van der Waals surface area contributed by atoms with Crippen LogP contribution >= 0.6 is 0 Å². The Balaban J connectivity index is 2.07. The molecule has 3 atom stereocenters. The molecule has 106 valence electrons. The highest BCUT2D eigenvalue weighted by Gasteiger charge is 2.38. The summed E-state index contributed by atoms with van der Waals surface area (Å²) in [5.74, 6) is 0.718. The van der Waals surface area contributed by atoms with E-state index in [-0.39, 0.29) is 5.60 Å². The maximum Gasteiger partial charge on any atom is 0.0641 e. The lowest BCUT2D eigenvalue weighted by atomic mass is 9.88. The van der Waals surface area contributed by atoms with Gasteiger partial charge >= 0.3 is 0 Å². The molecule has 2 heterocycles. The van der Waals surface area contributed by atoms with Crippen LogP contribution in [0.2, 0.25) is 0 Å². The first-order valence-electron chi connectivity index (χ1n) is 7.52. The smallest absolute Gasteiger partial charge is 0.0641 e. The molecule has 2 aliphatic heterocycles. The van der Waals surface area contributed by atoms with E-state index in [1.54, 1.807) is 0 Å². The van der Waals surface area contributed by atoms with Crippen LogP contribution in [0.25, 0.3) is 0 Å². The summed E-state index contributed by atoms with van der Waals surface area (Å²) in [6.07, 6.45) is 2.36. The van der Waals surface area contributed by atoms with E-state index in [4.69, 9.17) is 4.74 Å². The van der Waals surface area contributed by atoms with E-state index < -0.39 is 0 Å². The highest BCUT2D eigenvalue weighted by Crippen LogP contribution is 2.30. The third-order valence-corrected chi connectivity index (χ3v) is 4.50. The molecule has 18 heavy (non-hydrogen) atoms. The number of nitrogens with zero attached hydrogens (tertiary/aromatic N) is 1. The fourth-order valence-electron chi connectivity index (χ4n) is 3.48. The fraction of sp³-hybridized carbons (Fsp3) is 1.00. The summed E-state index contributed by atoms with van der Waals surface area (Å²) in [7, 11) is 0. The number of hydrogen-bond acceptors (Lipinski definition) is 3. The quantitative estimate of drug-likeness (QED) is 0.818. The number of hydrogen-bond donors (Lipinski definition) is 1. The van der Waals surface area contributed by atoms with Crippen LogP contribution < -0.4 is 5.32 Å². The molecule has 2 rings (SSSR count). The second kappa shape index (κ2) is 5.48. The molecular weight excluding hydrogens is 224 g/mol. The van der Waals surface area contributed by atoms with Crippen LogP contribution in [-0.2, 0) is 4.74 Å². The number of ether oxygens (including phenoxy) is 1. The molecular formula is C15H30N2O. The topological polar surface area (TPSA) is 24.5 Å². The number of piperazine rings is 1. The van der Waals surface area contributed by atoms with Crippen LogP contribution in [0, 0.1) is 5.92 Å². The van der Waals surface area contributed by atoms with Gasteiger partial charge in [-0.15, -0.1) is 0 Å². The molecule has 0 aromatic carbocycles. The van der Waals surface area contributed by atoms with E-state index in [1.165, 1.54) is 19.4 Å². The second-order valence-corrected chi connectivity index (χ2v) is 7.07. The molecule has 2 fully saturated rings.